The van der Waals surface area contributed by atoms with Crippen molar-refractivity contribution in [3.05, 3.63) is 39.9 Å². The Labute approximate surface area is 117 Å². The third-order valence-corrected chi connectivity index (χ3v) is 2.47. The van der Waals surface area contributed by atoms with Gasteiger partial charge in [-0.15, -0.1) is 12.4 Å². The highest BCUT2D eigenvalue weighted by atomic mass is 35.5. The second-order valence-corrected chi connectivity index (χ2v) is 4.74. The summed E-state index contributed by atoms with van der Waals surface area (Å²) < 4.78 is 0. The van der Waals surface area contributed by atoms with Crippen molar-refractivity contribution in [3.8, 4) is 0 Å². The highest BCUT2D eigenvalue weighted by Gasteiger charge is 2.18. The molecule has 1 rings (SSSR count). The van der Waals surface area contributed by atoms with E-state index in [0.717, 1.165) is 0 Å². The van der Waals surface area contributed by atoms with E-state index in [0.29, 0.717) is 12.1 Å². The normalized spacial score (nSPS) is 10.5. The van der Waals surface area contributed by atoms with Crippen LogP contribution in [0, 0.1) is 10.1 Å². The van der Waals surface area contributed by atoms with Gasteiger partial charge in [0.05, 0.1) is 11.3 Å². The first-order valence-corrected chi connectivity index (χ1v) is 5.58. The van der Waals surface area contributed by atoms with E-state index in [1.807, 2.05) is 13.8 Å². The van der Waals surface area contributed by atoms with Crippen LogP contribution in [-0.4, -0.2) is 22.9 Å². The van der Waals surface area contributed by atoms with E-state index in [1.165, 1.54) is 12.1 Å². The second-order valence-electron chi connectivity index (χ2n) is 4.74. The van der Waals surface area contributed by atoms with Crippen LogP contribution in [0.1, 0.15) is 19.4 Å². The molecule has 19 heavy (non-hydrogen) atoms. The Morgan fingerprint density at radius 3 is 2.63 bits per heavy atom. The lowest BCUT2D eigenvalue weighted by Crippen LogP contribution is -2.49. The summed E-state index contributed by atoms with van der Waals surface area (Å²) in [7, 11) is 0. The van der Waals surface area contributed by atoms with E-state index in [9.17, 15) is 14.9 Å². The van der Waals surface area contributed by atoms with Gasteiger partial charge in [-0.1, -0.05) is 12.1 Å². The van der Waals surface area contributed by atoms with Gasteiger partial charge in [-0.3, -0.25) is 14.9 Å². The van der Waals surface area contributed by atoms with E-state index in [2.05, 4.69) is 5.32 Å². The Kier molecular flexibility index (Phi) is 6.44. The van der Waals surface area contributed by atoms with Gasteiger partial charge in [0.2, 0.25) is 5.91 Å². The van der Waals surface area contributed by atoms with Crippen LogP contribution in [-0.2, 0) is 11.2 Å². The number of hydrogen-bond donors (Lipinski definition) is 2. The molecular weight excluding hydrogens is 270 g/mol. The summed E-state index contributed by atoms with van der Waals surface area (Å²) in [6, 6.07) is 6.04. The number of nitro groups is 1. The van der Waals surface area contributed by atoms with Crippen LogP contribution < -0.4 is 11.1 Å². The number of nitrogens with zero attached hydrogens (tertiary/aromatic N) is 1. The Balaban J connectivity index is 0.00000324. The Morgan fingerprint density at radius 2 is 2.11 bits per heavy atom. The average molecular weight is 288 g/mol. The zero-order valence-corrected chi connectivity index (χ0v) is 11.7. The Morgan fingerprint density at radius 1 is 1.47 bits per heavy atom. The van der Waals surface area contributed by atoms with Crippen molar-refractivity contribution in [3.63, 3.8) is 0 Å². The van der Waals surface area contributed by atoms with Gasteiger partial charge < -0.3 is 11.1 Å². The summed E-state index contributed by atoms with van der Waals surface area (Å²) in [4.78, 5) is 21.9. The predicted molar refractivity (Wildman–Crippen MR) is 75.3 cm³/mol. The molecule has 0 unspecified atom stereocenters. The highest BCUT2D eigenvalue weighted by Crippen LogP contribution is 2.13. The number of nitro benzene ring substituents is 1. The van der Waals surface area contributed by atoms with Crippen molar-refractivity contribution in [2.75, 3.05) is 6.54 Å². The highest BCUT2D eigenvalue weighted by molar-refractivity contribution is 5.85. The number of nitrogens with one attached hydrogen (secondary N) is 1. The molecule has 0 spiro atoms. The molecule has 0 aliphatic heterocycles. The number of rotatable bonds is 5. The largest absolute Gasteiger partial charge is 0.350 e. The summed E-state index contributed by atoms with van der Waals surface area (Å²) in [5.41, 5.74) is 5.62. The van der Waals surface area contributed by atoms with E-state index < -0.39 is 10.5 Å². The summed E-state index contributed by atoms with van der Waals surface area (Å²) in [6.45, 7) is 3.96. The number of non-ortho nitro benzene ring substituents is 1. The van der Waals surface area contributed by atoms with Gasteiger partial charge in [-0.25, -0.2) is 0 Å². The van der Waals surface area contributed by atoms with Crippen molar-refractivity contribution in [1.29, 1.82) is 0 Å². The summed E-state index contributed by atoms with van der Waals surface area (Å²) in [5.74, 6) is -0.203. The number of halogens is 1. The first kappa shape index (κ1) is 17.3. The van der Waals surface area contributed by atoms with Crippen LogP contribution in [0.3, 0.4) is 0 Å². The van der Waals surface area contributed by atoms with Crippen LogP contribution >= 0.6 is 12.4 Å². The summed E-state index contributed by atoms with van der Waals surface area (Å²) in [6.07, 6.45) is 0.102. The fourth-order valence-corrected chi connectivity index (χ4v) is 1.44. The molecular formula is C12H18ClN3O3. The second kappa shape index (κ2) is 7.06. The van der Waals surface area contributed by atoms with E-state index in [-0.39, 0.29) is 30.4 Å². The van der Waals surface area contributed by atoms with Gasteiger partial charge in [0.1, 0.15) is 0 Å². The lowest BCUT2D eigenvalue weighted by atomic mass is 10.0. The zero-order valence-electron chi connectivity index (χ0n) is 10.9. The lowest BCUT2D eigenvalue weighted by Gasteiger charge is -2.24. The molecule has 0 saturated carbocycles. The van der Waals surface area contributed by atoms with Crippen LogP contribution in [0.25, 0.3) is 0 Å². The summed E-state index contributed by atoms with van der Waals surface area (Å²) in [5, 5.41) is 13.4. The van der Waals surface area contributed by atoms with Crippen LogP contribution in [0.15, 0.2) is 24.3 Å². The zero-order chi connectivity index (χ0) is 13.8. The standard InChI is InChI=1S/C12H17N3O3.ClH/c1-12(2,8-13)14-11(16)7-9-4-3-5-10(6-9)15(17)18;/h3-6H,7-8,13H2,1-2H3,(H,14,16);1H. The Hall–Kier alpha value is -1.66. The number of hydrogen-bond acceptors (Lipinski definition) is 4. The smallest absolute Gasteiger partial charge is 0.269 e. The first-order chi connectivity index (χ1) is 8.34. The van der Waals surface area contributed by atoms with Gasteiger partial charge >= 0.3 is 0 Å². The van der Waals surface area contributed by atoms with Gasteiger partial charge in [-0.2, -0.15) is 0 Å². The van der Waals surface area contributed by atoms with Crippen LogP contribution in [0.2, 0.25) is 0 Å². The van der Waals surface area contributed by atoms with Crippen molar-refractivity contribution in [1.82, 2.24) is 5.32 Å². The lowest BCUT2D eigenvalue weighted by molar-refractivity contribution is -0.384. The van der Waals surface area contributed by atoms with Gasteiger partial charge in [-0.05, 0) is 19.4 Å². The molecule has 0 atom stereocenters. The third kappa shape index (κ3) is 5.67. The summed E-state index contributed by atoms with van der Waals surface area (Å²) >= 11 is 0. The van der Waals surface area contributed by atoms with Crippen molar-refractivity contribution in [2.45, 2.75) is 25.8 Å². The van der Waals surface area contributed by atoms with Gasteiger partial charge in [0, 0.05) is 24.2 Å². The van der Waals surface area contributed by atoms with E-state index in [4.69, 9.17) is 5.73 Å². The quantitative estimate of drug-likeness (QED) is 0.632. The molecule has 6 nitrogen and oxygen atoms in total. The minimum Gasteiger partial charge on any atom is -0.350 e. The fourth-order valence-electron chi connectivity index (χ4n) is 1.44. The Bertz CT molecular complexity index is 463. The molecule has 1 aromatic carbocycles. The number of amides is 1. The third-order valence-electron chi connectivity index (χ3n) is 2.47. The predicted octanol–water partition coefficient (Wildman–Crippen LogP) is 1.41. The molecule has 0 bridgehead atoms. The maximum absolute atomic E-state index is 11.7. The minimum absolute atomic E-state index is 0. The molecule has 0 fully saturated rings. The average Bonchev–Trinajstić information content (AvgIpc) is 2.28. The molecule has 0 aliphatic rings. The topological polar surface area (TPSA) is 98.3 Å². The molecule has 3 N–H and O–H groups in total. The number of benzene rings is 1. The van der Waals surface area contributed by atoms with Gasteiger partial charge in [0.25, 0.3) is 5.69 Å². The minimum atomic E-state index is -0.481. The van der Waals surface area contributed by atoms with Gasteiger partial charge in [0.15, 0.2) is 0 Å². The van der Waals surface area contributed by atoms with Crippen molar-refractivity contribution >= 4 is 24.0 Å². The molecule has 0 saturated heterocycles. The molecule has 1 aromatic rings. The molecule has 7 heteroatoms. The van der Waals surface area contributed by atoms with Crippen molar-refractivity contribution < 1.29 is 9.72 Å². The fraction of sp³-hybridized carbons (Fsp3) is 0.417. The first-order valence-electron chi connectivity index (χ1n) is 5.58. The molecule has 0 aromatic heterocycles. The molecule has 106 valence electrons. The molecule has 0 heterocycles. The molecule has 0 aliphatic carbocycles. The van der Waals surface area contributed by atoms with E-state index >= 15 is 0 Å². The molecule has 0 radical (unpaired) electrons. The maximum atomic E-state index is 11.7. The van der Waals surface area contributed by atoms with Crippen LogP contribution in [0.5, 0.6) is 0 Å². The number of carbonyl (C=O) groups excluding carboxylic acids is 1. The van der Waals surface area contributed by atoms with Crippen LogP contribution in [0.4, 0.5) is 5.69 Å². The maximum Gasteiger partial charge on any atom is 0.269 e. The SMILES string of the molecule is CC(C)(CN)NC(=O)Cc1cccc([N+](=O)[O-])c1.Cl. The number of carbonyl (C=O) groups is 1. The number of nitrogens with two attached hydrogens (primary N) is 1. The van der Waals surface area contributed by atoms with E-state index in [1.54, 1.807) is 12.1 Å². The monoisotopic (exact) mass is 287 g/mol. The van der Waals surface area contributed by atoms with Crippen molar-refractivity contribution in [2.24, 2.45) is 5.73 Å². The molecule has 1 amide bonds.